The molecule has 0 aliphatic carbocycles. The van der Waals surface area contributed by atoms with E-state index in [1.54, 1.807) is 0 Å². The lowest BCUT2D eigenvalue weighted by molar-refractivity contribution is -0.190. The van der Waals surface area contributed by atoms with Crippen LogP contribution in [0.2, 0.25) is 0 Å². The summed E-state index contributed by atoms with van der Waals surface area (Å²) >= 11 is 1.89. The second-order valence-electron chi connectivity index (χ2n) is 4.93. The van der Waals surface area contributed by atoms with Crippen LogP contribution in [0, 0.1) is 6.92 Å². The first kappa shape index (κ1) is 11.7. The predicted molar refractivity (Wildman–Crippen MR) is 68.2 cm³/mol. The minimum atomic E-state index is -0.287. The van der Waals surface area contributed by atoms with Gasteiger partial charge in [0.25, 0.3) is 0 Å². The third-order valence-electron chi connectivity index (χ3n) is 3.49. The van der Waals surface area contributed by atoms with E-state index in [2.05, 4.69) is 24.0 Å². The summed E-state index contributed by atoms with van der Waals surface area (Å²) in [6, 6.07) is 4.43. The molecule has 0 saturated carbocycles. The van der Waals surface area contributed by atoms with Gasteiger partial charge in [-0.2, -0.15) is 0 Å². The van der Waals surface area contributed by atoms with E-state index in [1.807, 2.05) is 11.3 Å². The van der Waals surface area contributed by atoms with Gasteiger partial charge in [0.05, 0.1) is 19.8 Å². The molecule has 1 aromatic heterocycles. The molecule has 2 fully saturated rings. The van der Waals surface area contributed by atoms with Crippen molar-refractivity contribution in [2.45, 2.75) is 32.1 Å². The highest BCUT2D eigenvalue weighted by Crippen LogP contribution is 2.31. The van der Waals surface area contributed by atoms with Crippen LogP contribution in [0.1, 0.15) is 22.6 Å². The summed E-state index contributed by atoms with van der Waals surface area (Å²) < 4.78 is 11.6. The third-order valence-corrected chi connectivity index (χ3v) is 4.47. The first-order valence-corrected chi connectivity index (χ1v) is 7.13. The summed E-state index contributed by atoms with van der Waals surface area (Å²) in [6.45, 7) is 6.79. The average Bonchev–Trinajstić information content (AvgIpc) is 2.89. The molecular formula is C13H19NO2S. The molecule has 0 bridgehead atoms. The molecular weight excluding hydrogens is 234 g/mol. The molecule has 17 heavy (non-hydrogen) atoms. The summed E-state index contributed by atoms with van der Waals surface area (Å²) in [6.07, 6.45) is 2.22. The lowest BCUT2D eigenvalue weighted by atomic mass is 10.0. The molecule has 3 rings (SSSR count). The summed E-state index contributed by atoms with van der Waals surface area (Å²) in [5.41, 5.74) is 0. The summed E-state index contributed by atoms with van der Waals surface area (Å²) in [5.74, 6) is -0.287. The normalized spacial score (nSPS) is 24.5. The van der Waals surface area contributed by atoms with E-state index in [4.69, 9.17) is 9.47 Å². The number of nitrogens with zero attached hydrogens (tertiary/aromatic N) is 1. The van der Waals surface area contributed by atoms with Crippen molar-refractivity contribution in [2.75, 3.05) is 26.3 Å². The molecule has 2 aliphatic rings. The Morgan fingerprint density at radius 1 is 1.35 bits per heavy atom. The van der Waals surface area contributed by atoms with E-state index >= 15 is 0 Å². The molecule has 0 radical (unpaired) electrons. The van der Waals surface area contributed by atoms with Gasteiger partial charge in [0.15, 0.2) is 5.79 Å². The highest BCUT2D eigenvalue weighted by Gasteiger charge is 2.40. The second kappa shape index (κ2) is 4.69. The zero-order chi connectivity index (χ0) is 11.7. The number of likely N-dealkylation sites (tertiary alicyclic amines) is 1. The van der Waals surface area contributed by atoms with Crippen LogP contribution in [-0.4, -0.2) is 37.0 Å². The van der Waals surface area contributed by atoms with E-state index in [1.165, 1.54) is 16.2 Å². The van der Waals surface area contributed by atoms with E-state index in [-0.39, 0.29) is 5.79 Å². The zero-order valence-electron chi connectivity index (χ0n) is 10.3. The maximum atomic E-state index is 5.79. The summed E-state index contributed by atoms with van der Waals surface area (Å²) in [5, 5.41) is 0. The number of thiophene rings is 1. The fraction of sp³-hybridized carbons (Fsp3) is 0.692. The molecule has 0 N–H and O–H groups in total. The molecule has 1 aromatic rings. The van der Waals surface area contributed by atoms with Gasteiger partial charge in [-0.1, -0.05) is 0 Å². The first-order chi connectivity index (χ1) is 8.26. The molecule has 1 spiro atoms. The van der Waals surface area contributed by atoms with Crippen molar-refractivity contribution >= 4 is 11.3 Å². The molecule has 0 atom stereocenters. The van der Waals surface area contributed by atoms with Gasteiger partial charge in [0.2, 0.25) is 0 Å². The minimum absolute atomic E-state index is 0.287. The number of ether oxygens (including phenoxy) is 2. The van der Waals surface area contributed by atoms with Gasteiger partial charge < -0.3 is 9.47 Å². The zero-order valence-corrected chi connectivity index (χ0v) is 11.1. The van der Waals surface area contributed by atoms with E-state index in [0.29, 0.717) is 0 Å². The summed E-state index contributed by atoms with van der Waals surface area (Å²) in [4.78, 5) is 5.29. The highest BCUT2D eigenvalue weighted by molar-refractivity contribution is 7.11. The van der Waals surface area contributed by atoms with Crippen LogP contribution in [0.3, 0.4) is 0 Å². The molecule has 94 valence electrons. The van der Waals surface area contributed by atoms with Crippen LogP contribution in [0.25, 0.3) is 0 Å². The van der Waals surface area contributed by atoms with Gasteiger partial charge in [0, 0.05) is 22.7 Å². The van der Waals surface area contributed by atoms with E-state index < -0.39 is 0 Å². The minimum Gasteiger partial charge on any atom is -0.346 e. The molecule has 0 aromatic carbocycles. The van der Waals surface area contributed by atoms with Gasteiger partial charge in [-0.25, -0.2) is 0 Å². The quantitative estimate of drug-likeness (QED) is 0.808. The van der Waals surface area contributed by atoms with Crippen molar-refractivity contribution in [3.8, 4) is 0 Å². The Hall–Kier alpha value is -0.420. The molecule has 4 heteroatoms. The highest BCUT2D eigenvalue weighted by atomic mass is 32.1. The smallest absolute Gasteiger partial charge is 0.181 e. The number of piperidine rings is 1. The van der Waals surface area contributed by atoms with Crippen molar-refractivity contribution in [1.29, 1.82) is 0 Å². The Labute approximate surface area is 106 Å². The fourth-order valence-corrected chi connectivity index (χ4v) is 3.66. The topological polar surface area (TPSA) is 21.7 Å². The second-order valence-corrected chi connectivity index (χ2v) is 6.31. The van der Waals surface area contributed by atoms with Crippen molar-refractivity contribution in [3.05, 3.63) is 21.9 Å². The maximum Gasteiger partial charge on any atom is 0.181 e. The van der Waals surface area contributed by atoms with Gasteiger partial charge in [-0.3, -0.25) is 4.90 Å². The van der Waals surface area contributed by atoms with E-state index in [9.17, 15) is 0 Å². The Kier molecular flexibility index (Phi) is 3.21. The fourth-order valence-electron chi connectivity index (χ4n) is 2.73. The monoisotopic (exact) mass is 253 g/mol. The van der Waals surface area contributed by atoms with Gasteiger partial charge >= 0.3 is 0 Å². The Bertz CT molecular complexity index is 385. The van der Waals surface area contributed by atoms with Crippen molar-refractivity contribution in [1.82, 2.24) is 4.90 Å². The SMILES string of the molecule is Cc1ccc(CN2CCCC3(C2)OCCO3)s1. The lowest BCUT2D eigenvalue weighted by Crippen LogP contribution is -2.48. The number of aryl methyl sites for hydroxylation is 1. The van der Waals surface area contributed by atoms with Crippen molar-refractivity contribution in [3.63, 3.8) is 0 Å². The number of rotatable bonds is 2. The summed E-state index contributed by atoms with van der Waals surface area (Å²) in [7, 11) is 0. The van der Waals surface area contributed by atoms with Gasteiger partial charge in [-0.05, 0) is 32.0 Å². The van der Waals surface area contributed by atoms with Crippen LogP contribution >= 0.6 is 11.3 Å². The van der Waals surface area contributed by atoms with E-state index in [0.717, 1.165) is 39.3 Å². The number of hydrogen-bond donors (Lipinski definition) is 0. The van der Waals surface area contributed by atoms with Crippen LogP contribution in [0.5, 0.6) is 0 Å². The Balaban J connectivity index is 1.64. The largest absolute Gasteiger partial charge is 0.346 e. The molecule has 0 unspecified atom stereocenters. The molecule has 3 heterocycles. The van der Waals surface area contributed by atoms with Gasteiger partial charge in [0.1, 0.15) is 0 Å². The first-order valence-electron chi connectivity index (χ1n) is 6.31. The van der Waals surface area contributed by atoms with Crippen LogP contribution in [0.15, 0.2) is 12.1 Å². The maximum absolute atomic E-state index is 5.79. The standard InChI is InChI=1S/C13H19NO2S/c1-11-3-4-12(17-11)9-14-6-2-5-13(10-14)15-7-8-16-13/h3-4H,2,5-10H2,1H3. The molecule has 2 aliphatic heterocycles. The Morgan fingerprint density at radius 3 is 2.88 bits per heavy atom. The van der Waals surface area contributed by atoms with Crippen molar-refractivity contribution in [2.24, 2.45) is 0 Å². The average molecular weight is 253 g/mol. The van der Waals surface area contributed by atoms with Gasteiger partial charge in [-0.15, -0.1) is 11.3 Å². The third kappa shape index (κ3) is 2.55. The molecule has 0 amide bonds. The lowest BCUT2D eigenvalue weighted by Gasteiger charge is -2.38. The van der Waals surface area contributed by atoms with Crippen LogP contribution in [0.4, 0.5) is 0 Å². The Morgan fingerprint density at radius 2 is 2.18 bits per heavy atom. The molecule has 2 saturated heterocycles. The van der Waals surface area contributed by atoms with Crippen LogP contribution in [-0.2, 0) is 16.0 Å². The van der Waals surface area contributed by atoms with Crippen LogP contribution < -0.4 is 0 Å². The predicted octanol–water partition coefficient (Wildman–Crippen LogP) is 2.40. The number of hydrogen-bond acceptors (Lipinski definition) is 4. The molecule has 3 nitrogen and oxygen atoms in total. The van der Waals surface area contributed by atoms with Crippen molar-refractivity contribution < 1.29 is 9.47 Å².